The van der Waals surface area contributed by atoms with Crippen molar-refractivity contribution in [2.45, 2.75) is 77.1 Å². The first-order chi connectivity index (χ1) is 18.0. The highest BCUT2D eigenvalue weighted by Gasteiger charge is 2.45. The second-order valence-electron chi connectivity index (χ2n) is 11.2. The van der Waals surface area contributed by atoms with Gasteiger partial charge in [0.05, 0.1) is 17.8 Å². The van der Waals surface area contributed by atoms with Gasteiger partial charge >= 0.3 is 0 Å². The molecular weight excluding hydrogens is 509 g/mol. The number of amides is 2. The molecule has 3 heterocycles. The molecule has 0 radical (unpaired) electrons. The minimum atomic E-state index is -0.841. The number of β-amino-alcohol motifs (C(OH)–C–C–N with tert-alkyl or cyclic N) is 1. The van der Waals surface area contributed by atoms with Crippen molar-refractivity contribution in [1.29, 1.82) is 0 Å². The van der Waals surface area contributed by atoms with Crippen LogP contribution in [-0.2, 0) is 9.59 Å². The van der Waals surface area contributed by atoms with Gasteiger partial charge in [0.1, 0.15) is 27.9 Å². The summed E-state index contributed by atoms with van der Waals surface area (Å²) in [6, 6.07) is 4.07. The monoisotopic (exact) mass is 541 g/mol. The number of likely N-dealkylation sites (tertiary alicyclic amines) is 1. The Balaban J connectivity index is 1.32. The number of benzene rings is 1. The van der Waals surface area contributed by atoms with Crippen molar-refractivity contribution in [3.05, 3.63) is 47.0 Å². The van der Waals surface area contributed by atoms with E-state index in [4.69, 9.17) is 0 Å². The summed E-state index contributed by atoms with van der Waals surface area (Å²) < 4.78 is 15.2. The van der Waals surface area contributed by atoms with Crippen molar-refractivity contribution in [1.82, 2.24) is 35.4 Å². The van der Waals surface area contributed by atoms with Crippen LogP contribution < -0.4 is 5.32 Å². The lowest BCUT2D eigenvalue weighted by Crippen LogP contribution is -2.50. The molecule has 1 aliphatic heterocycles. The average Bonchev–Trinajstić information content (AvgIpc) is 3.23. The highest BCUT2D eigenvalue weighted by atomic mass is 32.1. The first kappa shape index (κ1) is 26.4. The predicted octanol–water partition coefficient (Wildman–Crippen LogP) is 3.24. The van der Waals surface area contributed by atoms with E-state index in [1.807, 2.05) is 27.0 Å². The van der Waals surface area contributed by atoms with Gasteiger partial charge in [-0.3, -0.25) is 9.59 Å². The Morgan fingerprint density at radius 1 is 1.21 bits per heavy atom. The predicted molar refractivity (Wildman–Crippen MR) is 138 cm³/mol. The molecule has 3 aromatic rings. The molecule has 1 saturated heterocycles. The number of rotatable bonds is 7. The van der Waals surface area contributed by atoms with Crippen LogP contribution in [0.25, 0.3) is 10.6 Å². The van der Waals surface area contributed by atoms with Crippen LogP contribution in [0.2, 0.25) is 0 Å². The van der Waals surface area contributed by atoms with Crippen LogP contribution in [0.1, 0.15) is 75.7 Å². The van der Waals surface area contributed by atoms with Gasteiger partial charge in [0.25, 0.3) is 0 Å². The van der Waals surface area contributed by atoms with Gasteiger partial charge in [-0.1, -0.05) is 49.5 Å². The Morgan fingerprint density at radius 2 is 1.97 bits per heavy atom. The van der Waals surface area contributed by atoms with E-state index in [9.17, 15) is 19.1 Å². The van der Waals surface area contributed by atoms with Crippen molar-refractivity contribution >= 4 is 23.2 Å². The number of hydrogen-bond acceptors (Lipinski definition) is 8. The quantitative estimate of drug-likeness (QED) is 0.470. The standard InChI is InChI=1S/C26H32FN7O3S/c1-14(23-30-31-24(38-23)16-6-5-7-17(27)10-16)28-22(36)20-11-18(35)12-33(20)25(37)21(26(2,3)4)34-13-19(29-32-34)15-8-9-15/h5-7,10,13-15,18,20-21,35H,8-9,11-12H2,1-4H3,(H,28,36)/t14?,18-,20+,21-/m1/s1. The van der Waals surface area contributed by atoms with Gasteiger partial charge in [-0.25, -0.2) is 9.07 Å². The largest absolute Gasteiger partial charge is 0.391 e. The Morgan fingerprint density at radius 3 is 2.66 bits per heavy atom. The highest BCUT2D eigenvalue weighted by molar-refractivity contribution is 7.14. The third-order valence-electron chi connectivity index (χ3n) is 6.95. The molecule has 12 heteroatoms. The van der Waals surface area contributed by atoms with Crippen LogP contribution >= 0.6 is 11.3 Å². The van der Waals surface area contributed by atoms with E-state index in [1.54, 1.807) is 23.7 Å². The van der Waals surface area contributed by atoms with Gasteiger partial charge in [0.2, 0.25) is 11.8 Å². The Hall–Kier alpha value is -3.25. The third-order valence-corrected chi connectivity index (χ3v) is 8.10. The molecule has 2 amide bonds. The summed E-state index contributed by atoms with van der Waals surface area (Å²) in [4.78, 5) is 28.7. The summed E-state index contributed by atoms with van der Waals surface area (Å²) in [5, 5.41) is 31.3. The average molecular weight is 542 g/mol. The van der Waals surface area contributed by atoms with E-state index in [2.05, 4.69) is 25.8 Å². The molecule has 1 aliphatic carbocycles. The van der Waals surface area contributed by atoms with Crippen LogP contribution in [0.4, 0.5) is 4.39 Å². The molecule has 5 rings (SSSR count). The number of aliphatic hydroxyl groups is 1. The molecule has 2 aliphatic rings. The van der Waals surface area contributed by atoms with E-state index < -0.39 is 29.6 Å². The summed E-state index contributed by atoms with van der Waals surface area (Å²) in [7, 11) is 0. The molecule has 1 aromatic carbocycles. The van der Waals surface area contributed by atoms with Crippen molar-refractivity contribution in [2.75, 3.05) is 6.54 Å². The summed E-state index contributed by atoms with van der Waals surface area (Å²) in [5.74, 6) is -0.628. The molecular formula is C26H32FN7O3S. The zero-order valence-corrected chi connectivity index (χ0v) is 22.7. The first-order valence-electron chi connectivity index (χ1n) is 12.8. The van der Waals surface area contributed by atoms with Gasteiger partial charge in [-0.05, 0) is 37.3 Å². The topological polar surface area (TPSA) is 126 Å². The van der Waals surface area contributed by atoms with Crippen LogP contribution in [0, 0.1) is 11.2 Å². The molecule has 2 aromatic heterocycles. The van der Waals surface area contributed by atoms with E-state index in [0.717, 1.165) is 18.5 Å². The van der Waals surface area contributed by atoms with Gasteiger partial charge in [-0.2, -0.15) is 0 Å². The third kappa shape index (κ3) is 5.46. The number of hydrogen-bond donors (Lipinski definition) is 2. The van der Waals surface area contributed by atoms with E-state index in [1.165, 1.54) is 28.4 Å². The number of carbonyl (C=O) groups is 2. The molecule has 0 spiro atoms. The van der Waals surface area contributed by atoms with Crippen LogP contribution in [0.15, 0.2) is 30.5 Å². The van der Waals surface area contributed by atoms with E-state index >= 15 is 0 Å². The van der Waals surface area contributed by atoms with Gasteiger partial charge in [0, 0.05) is 30.6 Å². The van der Waals surface area contributed by atoms with Crippen LogP contribution in [0.5, 0.6) is 0 Å². The minimum absolute atomic E-state index is 0.0601. The summed E-state index contributed by atoms with van der Waals surface area (Å²) in [5.41, 5.74) is 0.980. The molecule has 0 bridgehead atoms. The minimum Gasteiger partial charge on any atom is -0.391 e. The first-order valence-corrected chi connectivity index (χ1v) is 13.6. The highest BCUT2D eigenvalue weighted by Crippen LogP contribution is 2.40. The summed E-state index contributed by atoms with van der Waals surface area (Å²) in [6.45, 7) is 7.68. The van der Waals surface area contributed by atoms with Gasteiger partial charge < -0.3 is 15.3 Å². The van der Waals surface area contributed by atoms with Crippen molar-refractivity contribution in [3.63, 3.8) is 0 Å². The normalized spacial score (nSPS) is 21.4. The molecule has 1 unspecified atom stereocenters. The maximum Gasteiger partial charge on any atom is 0.248 e. The molecule has 38 heavy (non-hydrogen) atoms. The number of halogens is 1. The summed E-state index contributed by atoms with van der Waals surface area (Å²) >= 11 is 1.26. The van der Waals surface area contributed by atoms with Crippen molar-refractivity contribution in [3.8, 4) is 10.6 Å². The van der Waals surface area contributed by atoms with E-state index in [-0.39, 0.29) is 30.6 Å². The number of nitrogens with zero attached hydrogens (tertiary/aromatic N) is 6. The van der Waals surface area contributed by atoms with Crippen LogP contribution in [-0.4, -0.2) is 65.7 Å². The lowest BCUT2D eigenvalue weighted by atomic mass is 9.85. The molecule has 1 saturated carbocycles. The molecule has 10 nitrogen and oxygen atoms in total. The number of carbonyl (C=O) groups excluding carboxylic acids is 2. The maximum absolute atomic E-state index is 13.9. The lowest BCUT2D eigenvalue weighted by Gasteiger charge is -2.34. The number of aliphatic hydroxyl groups excluding tert-OH is 1. The fourth-order valence-electron chi connectivity index (χ4n) is 4.85. The van der Waals surface area contributed by atoms with Crippen molar-refractivity contribution in [2.24, 2.45) is 5.41 Å². The zero-order valence-electron chi connectivity index (χ0n) is 21.8. The second kappa shape index (κ2) is 10.1. The van der Waals surface area contributed by atoms with Crippen molar-refractivity contribution < 1.29 is 19.1 Å². The number of aromatic nitrogens is 5. The Kier molecular flexibility index (Phi) is 7.03. The smallest absolute Gasteiger partial charge is 0.248 e. The van der Waals surface area contributed by atoms with Crippen LogP contribution in [0.3, 0.4) is 0 Å². The molecule has 2 N–H and O–H groups in total. The molecule has 202 valence electrons. The van der Waals surface area contributed by atoms with Gasteiger partial charge in [-0.15, -0.1) is 15.3 Å². The van der Waals surface area contributed by atoms with Gasteiger partial charge in [0.15, 0.2) is 0 Å². The maximum atomic E-state index is 13.9. The number of nitrogens with one attached hydrogen (secondary N) is 1. The fourth-order valence-corrected chi connectivity index (χ4v) is 5.69. The molecule has 2 fully saturated rings. The fraction of sp³-hybridized carbons (Fsp3) is 0.538. The Labute approximate surface area is 224 Å². The zero-order chi connectivity index (χ0) is 27.2. The van der Waals surface area contributed by atoms with E-state index in [0.29, 0.717) is 21.5 Å². The lowest BCUT2D eigenvalue weighted by molar-refractivity contribution is -0.144. The Bertz CT molecular complexity index is 1330. The SMILES string of the molecule is CC(NC(=O)[C@@H]1C[C@@H](O)CN1C(=O)[C@@H](n1cc(C2CC2)nn1)C(C)(C)C)c1nnc(-c2cccc(F)c2)s1. The molecule has 4 atom stereocenters. The summed E-state index contributed by atoms with van der Waals surface area (Å²) in [6.07, 6.45) is 3.30. The second-order valence-corrected chi connectivity index (χ2v) is 12.3.